The molecule has 1 unspecified atom stereocenters. The summed E-state index contributed by atoms with van der Waals surface area (Å²) in [6.45, 7) is 7.79. The van der Waals surface area contributed by atoms with Gasteiger partial charge in [0.15, 0.2) is 0 Å². The summed E-state index contributed by atoms with van der Waals surface area (Å²) >= 11 is 0. The lowest BCUT2D eigenvalue weighted by Crippen LogP contribution is -2.25. The second kappa shape index (κ2) is 6.91. The number of hydrogen-bond donors (Lipinski definition) is 1. The molecule has 0 saturated heterocycles. The molecule has 1 aromatic rings. The first kappa shape index (κ1) is 14.4. The zero-order valence-corrected chi connectivity index (χ0v) is 10.7. The Morgan fingerprint density at radius 1 is 1.50 bits per heavy atom. The van der Waals surface area contributed by atoms with Crippen molar-refractivity contribution in [3.8, 4) is 0 Å². The highest BCUT2D eigenvalue weighted by atomic mass is 19.1. The van der Waals surface area contributed by atoms with Crippen LogP contribution >= 0.6 is 0 Å². The van der Waals surface area contributed by atoms with Crippen molar-refractivity contribution in [2.24, 2.45) is 0 Å². The summed E-state index contributed by atoms with van der Waals surface area (Å²) in [6.07, 6.45) is 0. The average Bonchev–Trinajstić information content (AvgIpc) is 2.36. The number of esters is 1. The van der Waals surface area contributed by atoms with Crippen LogP contribution in [0, 0.1) is 5.82 Å². The predicted molar refractivity (Wildman–Crippen MR) is 68.6 cm³/mol. The Morgan fingerprint density at radius 2 is 2.17 bits per heavy atom. The lowest BCUT2D eigenvalue weighted by molar-refractivity contribution is -0.138. The maximum Gasteiger partial charge on any atom is 0.334 e. The largest absolute Gasteiger partial charge is 0.463 e. The first-order valence-corrected chi connectivity index (χ1v) is 5.89. The van der Waals surface area contributed by atoms with Crippen LogP contribution < -0.4 is 5.32 Å². The Balaban J connectivity index is 2.52. The van der Waals surface area contributed by atoms with Crippen LogP contribution in [0.3, 0.4) is 0 Å². The lowest BCUT2D eigenvalue weighted by atomic mass is 10.1. The third kappa shape index (κ3) is 3.96. The fourth-order valence-electron chi connectivity index (χ4n) is 1.52. The molecule has 4 heteroatoms. The molecule has 0 heterocycles. The van der Waals surface area contributed by atoms with Crippen molar-refractivity contribution in [3.63, 3.8) is 0 Å². The van der Waals surface area contributed by atoms with Gasteiger partial charge in [-0.25, -0.2) is 9.18 Å². The Labute approximate surface area is 107 Å². The summed E-state index contributed by atoms with van der Waals surface area (Å²) in [5.41, 5.74) is 0.897. The van der Waals surface area contributed by atoms with Gasteiger partial charge in [-0.05, 0) is 19.9 Å². The molecule has 0 saturated carbocycles. The van der Waals surface area contributed by atoms with Crippen molar-refractivity contribution in [3.05, 3.63) is 47.8 Å². The van der Waals surface area contributed by atoms with Gasteiger partial charge in [-0.2, -0.15) is 0 Å². The number of ether oxygens (including phenoxy) is 1. The number of rotatable bonds is 6. The molecule has 0 radical (unpaired) electrons. The van der Waals surface area contributed by atoms with Gasteiger partial charge in [-0.3, -0.25) is 0 Å². The van der Waals surface area contributed by atoms with Crippen molar-refractivity contribution in [2.45, 2.75) is 19.9 Å². The van der Waals surface area contributed by atoms with Crippen LogP contribution in [0.25, 0.3) is 0 Å². The minimum Gasteiger partial charge on any atom is -0.463 e. The molecule has 0 aliphatic heterocycles. The highest BCUT2D eigenvalue weighted by molar-refractivity contribution is 5.88. The average molecular weight is 251 g/mol. The van der Waals surface area contributed by atoms with Crippen molar-refractivity contribution >= 4 is 5.97 Å². The fourth-order valence-corrected chi connectivity index (χ4v) is 1.52. The summed E-state index contributed by atoms with van der Waals surface area (Å²) in [4.78, 5) is 11.3. The number of halogens is 1. The SMILES string of the molecule is C=C(CNC(C)c1ccccc1F)C(=O)OCC. The van der Waals surface area contributed by atoms with Crippen LogP contribution in [0.1, 0.15) is 25.5 Å². The van der Waals surface area contributed by atoms with E-state index in [2.05, 4.69) is 11.9 Å². The summed E-state index contributed by atoms with van der Waals surface area (Å²) in [6, 6.07) is 6.34. The third-order valence-corrected chi connectivity index (χ3v) is 2.56. The van der Waals surface area contributed by atoms with Crippen LogP contribution in [0.15, 0.2) is 36.4 Å². The number of nitrogens with one attached hydrogen (secondary N) is 1. The van der Waals surface area contributed by atoms with Crippen molar-refractivity contribution in [2.75, 3.05) is 13.2 Å². The van der Waals surface area contributed by atoms with E-state index < -0.39 is 5.97 Å². The van der Waals surface area contributed by atoms with Gasteiger partial charge >= 0.3 is 5.97 Å². The number of carbonyl (C=O) groups excluding carboxylic acids is 1. The predicted octanol–water partition coefficient (Wildman–Crippen LogP) is 2.60. The number of carbonyl (C=O) groups is 1. The standard InChI is InChI=1S/C14H18FNO2/c1-4-18-14(17)10(2)9-16-11(3)12-7-5-6-8-13(12)15/h5-8,11,16H,2,4,9H2,1,3H3. The molecule has 1 atom stereocenters. The molecular formula is C14H18FNO2. The Bertz CT molecular complexity index is 432. The van der Waals surface area contributed by atoms with Crippen LogP contribution in [-0.2, 0) is 9.53 Å². The van der Waals surface area contributed by atoms with E-state index in [4.69, 9.17) is 4.74 Å². The molecule has 0 fully saturated rings. The minimum absolute atomic E-state index is 0.197. The first-order chi connectivity index (χ1) is 8.56. The smallest absolute Gasteiger partial charge is 0.334 e. The fraction of sp³-hybridized carbons (Fsp3) is 0.357. The molecule has 0 aromatic heterocycles. The van der Waals surface area contributed by atoms with Gasteiger partial charge in [-0.1, -0.05) is 24.8 Å². The molecule has 1 rings (SSSR count). The zero-order valence-electron chi connectivity index (χ0n) is 10.7. The van der Waals surface area contributed by atoms with Gasteiger partial charge in [0.05, 0.1) is 6.61 Å². The second-order valence-corrected chi connectivity index (χ2v) is 3.95. The first-order valence-electron chi connectivity index (χ1n) is 5.89. The van der Waals surface area contributed by atoms with Gasteiger partial charge in [0.2, 0.25) is 0 Å². The molecule has 3 nitrogen and oxygen atoms in total. The molecule has 1 N–H and O–H groups in total. The summed E-state index contributed by atoms with van der Waals surface area (Å²) in [5, 5.41) is 3.04. The summed E-state index contributed by atoms with van der Waals surface area (Å²) < 4.78 is 18.3. The topological polar surface area (TPSA) is 38.3 Å². The molecule has 0 amide bonds. The second-order valence-electron chi connectivity index (χ2n) is 3.95. The quantitative estimate of drug-likeness (QED) is 0.624. The van der Waals surface area contributed by atoms with Crippen molar-refractivity contribution < 1.29 is 13.9 Å². The molecule has 0 aliphatic carbocycles. The van der Waals surface area contributed by atoms with Crippen LogP contribution in [0.4, 0.5) is 4.39 Å². The van der Waals surface area contributed by atoms with E-state index in [1.807, 2.05) is 6.92 Å². The van der Waals surface area contributed by atoms with E-state index >= 15 is 0 Å². The Morgan fingerprint density at radius 3 is 2.78 bits per heavy atom. The molecule has 18 heavy (non-hydrogen) atoms. The van der Waals surface area contributed by atoms with Crippen LogP contribution in [0.2, 0.25) is 0 Å². The molecule has 0 aliphatic rings. The van der Waals surface area contributed by atoms with Gasteiger partial charge in [0.1, 0.15) is 5.82 Å². The Kier molecular flexibility index (Phi) is 5.52. The summed E-state index contributed by atoms with van der Waals surface area (Å²) in [7, 11) is 0. The van der Waals surface area contributed by atoms with Crippen LogP contribution in [0.5, 0.6) is 0 Å². The van der Waals surface area contributed by atoms with Crippen molar-refractivity contribution in [1.29, 1.82) is 0 Å². The molecular weight excluding hydrogens is 233 g/mol. The maximum atomic E-state index is 13.5. The van der Waals surface area contributed by atoms with Crippen LogP contribution in [-0.4, -0.2) is 19.1 Å². The number of benzene rings is 1. The van der Waals surface area contributed by atoms with E-state index in [-0.39, 0.29) is 18.4 Å². The highest BCUT2D eigenvalue weighted by Gasteiger charge is 2.12. The third-order valence-electron chi connectivity index (χ3n) is 2.56. The van der Waals surface area contributed by atoms with Crippen molar-refractivity contribution in [1.82, 2.24) is 5.32 Å². The monoisotopic (exact) mass is 251 g/mol. The van der Waals surface area contributed by atoms with Gasteiger partial charge in [-0.15, -0.1) is 0 Å². The zero-order chi connectivity index (χ0) is 13.5. The number of hydrogen-bond acceptors (Lipinski definition) is 3. The van der Waals surface area contributed by atoms with Gasteiger partial charge in [0.25, 0.3) is 0 Å². The van der Waals surface area contributed by atoms with E-state index in [9.17, 15) is 9.18 Å². The minimum atomic E-state index is -0.425. The highest BCUT2D eigenvalue weighted by Crippen LogP contribution is 2.16. The van der Waals surface area contributed by atoms with Gasteiger partial charge < -0.3 is 10.1 Å². The lowest BCUT2D eigenvalue weighted by Gasteiger charge is -2.15. The van der Waals surface area contributed by atoms with E-state index in [0.29, 0.717) is 17.7 Å². The molecule has 98 valence electrons. The van der Waals surface area contributed by atoms with E-state index in [0.717, 1.165) is 0 Å². The maximum absolute atomic E-state index is 13.5. The molecule has 0 spiro atoms. The normalized spacial score (nSPS) is 11.9. The van der Waals surface area contributed by atoms with Gasteiger partial charge in [0, 0.05) is 23.7 Å². The van der Waals surface area contributed by atoms with E-state index in [1.165, 1.54) is 6.07 Å². The van der Waals surface area contributed by atoms with E-state index in [1.54, 1.807) is 25.1 Å². The molecule has 0 bridgehead atoms. The summed E-state index contributed by atoms with van der Waals surface area (Å²) in [5.74, 6) is -0.690. The molecule has 1 aromatic carbocycles. The Hall–Kier alpha value is -1.68.